The number of hydrogen-bond acceptors (Lipinski definition) is 3. The lowest BCUT2D eigenvalue weighted by molar-refractivity contribution is 0.671. The summed E-state index contributed by atoms with van der Waals surface area (Å²) in [4.78, 5) is 17.3. The molecule has 0 amide bonds. The van der Waals surface area contributed by atoms with Crippen molar-refractivity contribution in [3.8, 4) is 0 Å². The number of hydrogen-bond donors (Lipinski definition) is 0. The Kier molecular flexibility index (Phi) is 4.93. The molecule has 2 aromatic carbocycles. The smallest absolute Gasteiger partial charge is 0.262 e. The van der Waals surface area contributed by atoms with Gasteiger partial charge in [0.1, 0.15) is 0 Å². The molecule has 0 unspecified atom stereocenters. The van der Waals surface area contributed by atoms with Crippen molar-refractivity contribution in [2.75, 3.05) is 5.75 Å². The third-order valence-corrected chi connectivity index (χ3v) is 4.58. The van der Waals surface area contributed by atoms with Crippen LogP contribution in [0.5, 0.6) is 0 Å². The van der Waals surface area contributed by atoms with E-state index in [9.17, 15) is 4.79 Å². The van der Waals surface area contributed by atoms with Crippen LogP contribution >= 0.6 is 11.8 Å². The molecule has 3 rings (SSSR count). The number of para-hydroxylation sites is 1. The van der Waals surface area contributed by atoms with Crippen LogP contribution in [0.25, 0.3) is 10.9 Å². The van der Waals surface area contributed by atoms with Crippen LogP contribution in [0, 0.1) is 0 Å². The quantitative estimate of drug-likeness (QED) is 0.392. The number of benzene rings is 2. The predicted octanol–water partition coefficient (Wildman–Crippen LogP) is 3.92. The summed E-state index contributed by atoms with van der Waals surface area (Å²) in [6.07, 6.45) is 2.68. The zero-order chi connectivity index (χ0) is 16.1. The van der Waals surface area contributed by atoms with Gasteiger partial charge in [-0.3, -0.25) is 9.36 Å². The van der Waals surface area contributed by atoms with Gasteiger partial charge in [0.2, 0.25) is 0 Å². The fraction of sp³-hybridized carbons (Fsp3) is 0.158. The minimum Gasteiger partial charge on any atom is -0.283 e. The molecule has 3 aromatic rings. The van der Waals surface area contributed by atoms with Gasteiger partial charge in [-0.2, -0.15) is 0 Å². The molecule has 0 radical (unpaired) electrons. The van der Waals surface area contributed by atoms with Crippen LogP contribution < -0.4 is 5.56 Å². The van der Waals surface area contributed by atoms with Gasteiger partial charge in [0.25, 0.3) is 5.56 Å². The third kappa shape index (κ3) is 3.54. The monoisotopic (exact) mass is 322 g/mol. The lowest BCUT2D eigenvalue weighted by Gasteiger charge is -2.11. The molecule has 0 aliphatic heterocycles. The van der Waals surface area contributed by atoms with E-state index in [4.69, 9.17) is 0 Å². The first-order valence-corrected chi connectivity index (χ1v) is 8.55. The van der Waals surface area contributed by atoms with Crippen LogP contribution in [0.4, 0.5) is 0 Å². The molecule has 0 atom stereocenters. The fourth-order valence-corrected chi connectivity index (χ4v) is 3.45. The summed E-state index contributed by atoms with van der Waals surface area (Å²) >= 11 is 1.61. The Morgan fingerprint density at radius 2 is 1.83 bits per heavy atom. The number of thioether (sulfide) groups is 1. The maximum atomic E-state index is 12.6. The van der Waals surface area contributed by atoms with Gasteiger partial charge in [-0.05, 0) is 24.1 Å². The Balaban J connectivity index is 1.88. The number of fused-ring (bicyclic) bond motifs is 1. The van der Waals surface area contributed by atoms with Crippen molar-refractivity contribution in [1.82, 2.24) is 9.55 Å². The number of rotatable bonds is 6. The normalized spacial score (nSPS) is 10.8. The second-order valence-corrected chi connectivity index (χ2v) is 6.26. The first kappa shape index (κ1) is 15.6. The van der Waals surface area contributed by atoms with Crippen molar-refractivity contribution in [2.45, 2.75) is 18.1 Å². The summed E-state index contributed by atoms with van der Waals surface area (Å²) in [5, 5.41) is 1.41. The number of aromatic nitrogens is 2. The van der Waals surface area contributed by atoms with Crippen LogP contribution in [0.3, 0.4) is 0 Å². The van der Waals surface area contributed by atoms with Gasteiger partial charge in [0, 0.05) is 12.3 Å². The molecule has 1 heterocycles. The van der Waals surface area contributed by atoms with Gasteiger partial charge >= 0.3 is 0 Å². The molecule has 0 bridgehead atoms. The van der Waals surface area contributed by atoms with Gasteiger partial charge in [-0.25, -0.2) is 4.98 Å². The summed E-state index contributed by atoms with van der Waals surface area (Å²) in [7, 11) is 0. The van der Waals surface area contributed by atoms with Crippen molar-refractivity contribution in [3.63, 3.8) is 0 Å². The largest absolute Gasteiger partial charge is 0.283 e. The van der Waals surface area contributed by atoms with Crippen molar-refractivity contribution >= 4 is 22.7 Å². The minimum atomic E-state index is -0.00212. The molecule has 0 fully saturated rings. The lowest BCUT2D eigenvalue weighted by atomic mass is 10.2. The Morgan fingerprint density at radius 1 is 1.09 bits per heavy atom. The molecule has 23 heavy (non-hydrogen) atoms. The summed E-state index contributed by atoms with van der Waals surface area (Å²) in [5.41, 5.74) is 2.04. The predicted molar refractivity (Wildman–Crippen MR) is 97.1 cm³/mol. The molecule has 0 N–H and O–H groups in total. The Bertz CT molecular complexity index is 871. The molecular weight excluding hydrogens is 304 g/mol. The highest BCUT2D eigenvalue weighted by Gasteiger charge is 2.10. The zero-order valence-electron chi connectivity index (χ0n) is 12.8. The summed E-state index contributed by atoms with van der Waals surface area (Å²) in [6.45, 7) is 4.23. The maximum absolute atomic E-state index is 12.6. The average molecular weight is 322 g/mol. The highest BCUT2D eigenvalue weighted by molar-refractivity contribution is 7.99. The summed E-state index contributed by atoms with van der Waals surface area (Å²) in [5.74, 6) is 0.881. The molecule has 1 aromatic heterocycles. The summed E-state index contributed by atoms with van der Waals surface area (Å²) in [6, 6.07) is 17.8. The molecule has 0 aliphatic rings. The van der Waals surface area contributed by atoms with Crippen LogP contribution in [0.2, 0.25) is 0 Å². The van der Waals surface area contributed by atoms with Crippen LogP contribution in [-0.2, 0) is 13.0 Å². The van der Waals surface area contributed by atoms with Crippen molar-refractivity contribution < 1.29 is 0 Å². The third-order valence-electron chi connectivity index (χ3n) is 3.60. The molecule has 116 valence electrons. The standard InChI is InChI=1S/C19H18N2OS/c1-2-13-21-18(22)16-10-6-7-11-17(16)20-19(21)23-14-12-15-8-4-3-5-9-15/h2-11H,1,12-14H2. The molecular formula is C19H18N2OS. The zero-order valence-corrected chi connectivity index (χ0v) is 13.6. The highest BCUT2D eigenvalue weighted by Crippen LogP contribution is 2.19. The number of allylic oxidation sites excluding steroid dienone is 1. The van der Waals surface area contributed by atoms with E-state index in [1.54, 1.807) is 22.4 Å². The SMILES string of the molecule is C=CCn1c(SCCc2ccccc2)nc2ccccc2c1=O. The van der Waals surface area contributed by atoms with Gasteiger partial charge in [0.15, 0.2) is 5.16 Å². The number of aryl methyl sites for hydroxylation is 1. The van der Waals surface area contributed by atoms with E-state index in [0.717, 1.165) is 22.8 Å². The van der Waals surface area contributed by atoms with E-state index in [-0.39, 0.29) is 5.56 Å². The minimum absolute atomic E-state index is 0.00212. The molecule has 0 aliphatic carbocycles. The number of nitrogens with zero attached hydrogens (tertiary/aromatic N) is 2. The van der Waals surface area contributed by atoms with E-state index in [0.29, 0.717) is 11.9 Å². The lowest BCUT2D eigenvalue weighted by Crippen LogP contribution is -2.22. The average Bonchev–Trinajstić information content (AvgIpc) is 2.59. The second kappa shape index (κ2) is 7.29. The van der Waals surface area contributed by atoms with Gasteiger partial charge in [0.05, 0.1) is 10.9 Å². The topological polar surface area (TPSA) is 34.9 Å². The van der Waals surface area contributed by atoms with E-state index < -0.39 is 0 Å². The van der Waals surface area contributed by atoms with E-state index in [1.165, 1.54) is 5.56 Å². The van der Waals surface area contributed by atoms with Crippen LogP contribution in [0.1, 0.15) is 5.56 Å². The second-order valence-electron chi connectivity index (χ2n) is 5.20. The Morgan fingerprint density at radius 3 is 2.61 bits per heavy atom. The van der Waals surface area contributed by atoms with E-state index >= 15 is 0 Å². The van der Waals surface area contributed by atoms with Gasteiger partial charge in [-0.15, -0.1) is 6.58 Å². The van der Waals surface area contributed by atoms with Crippen molar-refractivity contribution in [3.05, 3.63) is 83.2 Å². The first-order chi connectivity index (χ1) is 11.3. The molecule has 3 nitrogen and oxygen atoms in total. The molecule has 0 spiro atoms. The van der Waals surface area contributed by atoms with E-state index in [1.807, 2.05) is 42.5 Å². The van der Waals surface area contributed by atoms with Crippen molar-refractivity contribution in [1.29, 1.82) is 0 Å². The maximum Gasteiger partial charge on any atom is 0.262 e. The van der Waals surface area contributed by atoms with Gasteiger partial charge in [-0.1, -0.05) is 60.3 Å². The highest BCUT2D eigenvalue weighted by atomic mass is 32.2. The van der Waals surface area contributed by atoms with Crippen molar-refractivity contribution in [2.24, 2.45) is 0 Å². The molecule has 0 saturated heterocycles. The first-order valence-electron chi connectivity index (χ1n) is 7.57. The Labute approximate surface area is 139 Å². The van der Waals surface area contributed by atoms with E-state index in [2.05, 4.69) is 23.7 Å². The van der Waals surface area contributed by atoms with Crippen LogP contribution in [0.15, 0.2) is 77.2 Å². The molecule has 4 heteroatoms. The van der Waals surface area contributed by atoms with Crippen LogP contribution in [-0.4, -0.2) is 15.3 Å². The molecule has 0 saturated carbocycles. The fourth-order valence-electron chi connectivity index (χ4n) is 2.45. The Hall–Kier alpha value is -2.33. The van der Waals surface area contributed by atoms with Gasteiger partial charge < -0.3 is 0 Å². The summed E-state index contributed by atoms with van der Waals surface area (Å²) < 4.78 is 1.70.